The van der Waals surface area contributed by atoms with Crippen molar-refractivity contribution in [3.63, 3.8) is 0 Å². The number of halogens is 3. The third kappa shape index (κ3) is 5.85. The average molecular weight is 478 g/mol. The van der Waals surface area contributed by atoms with Crippen LogP contribution in [0.3, 0.4) is 0 Å². The highest BCUT2D eigenvalue weighted by molar-refractivity contribution is 4.85. The van der Waals surface area contributed by atoms with E-state index >= 15 is 0 Å². The van der Waals surface area contributed by atoms with Gasteiger partial charge in [0.2, 0.25) is 0 Å². The van der Waals surface area contributed by atoms with Crippen LogP contribution in [0.1, 0.15) is 51.4 Å². The molecule has 6 atom stereocenters. The Morgan fingerprint density at radius 2 is 1.82 bits per heavy atom. The van der Waals surface area contributed by atoms with Gasteiger partial charge in [-0.2, -0.15) is 18.7 Å². The standard InChI is InChI=1S/C23H40F3N5O2/c24-23(25,26)18-5-3-16(4-6-18)15-31-9-1-2-19(31)22-28-21(29-33-22)17-7-8-27-20(14-17)30-10-12-32-13-11-30/h16-22,27-29H,1-15H2/p+2. The lowest BCUT2D eigenvalue weighted by atomic mass is 9.81. The molecule has 5 rings (SSSR count). The van der Waals surface area contributed by atoms with Gasteiger partial charge >= 0.3 is 6.18 Å². The third-order valence-corrected chi connectivity index (χ3v) is 8.94. The summed E-state index contributed by atoms with van der Waals surface area (Å²) in [6.07, 6.45) is 3.30. The summed E-state index contributed by atoms with van der Waals surface area (Å²) < 4.78 is 44.6. The summed E-state index contributed by atoms with van der Waals surface area (Å²) in [4.78, 5) is 10.2. The summed E-state index contributed by atoms with van der Waals surface area (Å²) in [5.41, 5.74) is 3.32. The molecule has 0 spiro atoms. The quantitative estimate of drug-likeness (QED) is 0.442. The molecule has 0 amide bonds. The molecule has 0 bridgehead atoms. The molecule has 1 aliphatic carbocycles. The van der Waals surface area contributed by atoms with Crippen LogP contribution >= 0.6 is 0 Å². The van der Waals surface area contributed by atoms with Crippen LogP contribution in [0.4, 0.5) is 13.2 Å². The van der Waals surface area contributed by atoms with E-state index in [0.717, 1.165) is 58.8 Å². The number of alkyl halides is 3. The predicted octanol–water partition coefficient (Wildman–Crippen LogP) is -0.189. The summed E-state index contributed by atoms with van der Waals surface area (Å²) in [5.74, 6) is -0.139. The van der Waals surface area contributed by atoms with E-state index in [0.29, 0.717) is 49.7 Å². The number of piperidine rings is 1. The van der Waals surface area contributed by atoms with Crippen molar-refractivity contribution >= 4 is 0 Å². The van der Waals surface area contributed by atoms with Crippen molar-refractivity contribution in [2.24, 2.45) is 17.8 Å². The fourth-order valence-electron chi connectivity index (χ4n) is 6.98. The number of hydroxylamine groups is 1. The maximum atomic E-state index is 13.0. The van der Waals surface area contributed by atoms with Crippen molar-refractivity contribution in [1.82, 2.24) is 15.7 Å². The monoisotopic (exact) mass is 477 g/mol. The number of rotatable bonds is 5. The van der Waals surface area contributed by atoms with Gasteiger partial charge in [0.15, 0.2) is 6.23 Å². The lowest BCUT2D eigenvalue weighted by Gasteiger charge is -2.38. The molecule has 5 N–H and O–H groups in total. The molecule has 10 heteroatoms. The molecular formula is C23H42F3N5O2+2. The van der Waals surface area contributed by atoms with Crippen molar-refractivity contribution in [3.05, 3.63) is 0 Å². The van der Waals surface area contributed by atoms with Gasteiger partial charge in [0.25, 0.3) is 0 Å². The second-order valence-corrected chi connectivity index (χ2v) is 10.9. The highest BCUT2D eigenvalue weighted by Gasteiger charge is 2.46. The number of hydrogen-bond donors (Lipinski definition) is 4. The fourth-order valence-corrected chi connectivity index (χ4v) is 6.98. The topological polar surface area (TPSA) is 66.8 Å². The highest BCUT2D eigenvalue weighted by atomic mass is 19.4. The smallest absolute Gasteiger partial charge is 0.379 e. The van der Waals surface area contributed by atoms with Gasteiger partial charge in [-0.3, -0.25) is 10.2 Å². The van der Waals surface area contributed by atoms with Crippen LogP contribution in [0.5, 0.6) is 0 Å². The van der Waals surface area contributed by atoms with Gasteiger partial charge in [-0.15, -0.1) is 0 Å². The fraction of sp³-hybridized carbons (Fsp3) is 1.00. The molecule has 0 aromatic rings. The molecule has 4 saturated heterocycles. The lowest BCUT2D eigenvalue weighted by Crippen LogP contribution is -3.15. The van der Waals surface area contributed by atoms with Crippen LogP contribution < -0.4 is 21.0 Å². The van der Waals surface area contributed by atoms with E-state index in [4.69, 9.17) is 9.57 Å². The largest absolute Gasteiger partial charge is 0.391 e. The first-order valence-corrected chi connectivity index (χ1v) is 13.2. The van der Waals surface area contributed by atoms with Crippen LogP contribution in [0, 0.1) is 17.8 Å². The summed E-state index contributed by atoms with van der Waals surface area (Å²) >= 11 is 0. The Balaban J connectivity index is 1.10. The zero-order valence-electron chi connectivity index (χ0n) is 19.6. The Kier molecular flexibility index (Phi) is 7.81. The summed E-state index contributed by atoms with van der Waals surface area (Å²) in [5, 5.41) is 6.24. The molecule has 5 fully saturated rings. The van der Waals surface area contributed by atoms with Crippen LogP contribution in [0.25, 0.3) is 0 Å². The number of likely N-dealkylation sites (tertiary alicyclic amines) is 1. The van der Waals surface area contributed by atoms with Crippen molar-refractivity contribution in [3.8, 4) is 0 Å². The minimum atomic E-state index is -4.02. The van der Waals surface area contributed by atoms with E-state index < -0.39 is 12.1 Å². The normalized spacial score (nSPS) is 43.7. The maximum Gasteiger partial charge on any atom is 0.391 e. The summed E-state index contributed by atoms with van der Waals surface area (Å²) in [7, 11) is 0. The molecule has 7 nitrogen and oxygen atoms in total. The van der Waals surface area contributed by atoms with E-state index in [1.165, 1.54) is 17.7 Å². The Morgan fingerprint density at radius 3 is 2.58 bits per heavy atom. The first-order valence-electron chi connectivity index (χ1n) is 13.2. The SMILES string of the molecule is FC(F)(F)C1CCC(C[NH+]2CCCC2C2NC(C3CC[NH2+]C(N4CCOCC4)C3)NO2)CC1. The third-order valence-electron chi connectivity index (χ3n) is 8.94. The molecule has 4 aliphatic heterocycles. The Labute approximate surface area is 195 Å². The van der Waals surface area contributed by atoms with E-state index in [1.807, 2.05) is 0 Å². The summed E-state index contributed by atoms with van der Waals surface area (Å²) in [6.45, 7) is 6.93. The zero-order valence-corrected chi connectivity index (χ0v) is 19.6. The molecule has 0 radical (unpaired) electrons. The van der Waals surface area contributed by atoms with Gasteiger partial charge in [-0.1, -0.05) is 0 Å². The Hall–Kier alpha value is -0.490. The Morgan fingerprint density at radius 1 is 1.03 bits per heavy atom. The number of ether oxygens (including phenoxy) is 1. The highest BCUT2D eigenvalue weighted by Crippen LogP contribution is 2.39. The first-order chi connectivity index (χ1) is 16.0. The van der Waals surface area contributed by atoms with Crippen molar-refractivity contribution in [1.29, 1.82) is 0 Å². The van der Waals surface area contributed by atoms with E-state index in [-0.39, 0.29) is 12.4 Å². The number of quaternary nitrogens is 2. The van der Waals surface area contributed by atoms with Crippen LogP contribution in [-0.4, -0.2) is 81.6 Å². The minimum Gasteiger partial charge on any atom is -0.379 e. The van der Waals surface area contributed by atoms with Gasteiger partial charge in [0.05, 0.1) is 44.9 Å². The van der Waals surface area contributed by atoms with Crippen LogP contribution in [0.15, 0.2) is 0 Å². The molecule has 1 saturated carbocycles. The van der Waals surface area contributed by atoms with Crippen molar-refractivity contribution < 1.29 is 33.0 Å². The van der Waals surface area contributed by atoms with Crippen molar-refractivity contribution in [2.75, 3.05) is 45.9 Å². The number of nitrogens with two attached hydrogens (primary N) is 1. The molecule has 5 aliphatic rings. The number of hydrogen-bond acceptors (Lipinski definition) is 5. The second kappa shape index (κ2) is 10.6. The van der Waals surface area contributed by atoms with Gasteiger partial charge < -0.3 is 15.0 Å². The van der Waals surface area contributed by atoms with Crippen LogP contribution in [-0.2, 0) is 9.57 Å². The Bertz CT molecular complexity index is 628. The average Bonchev–Trinajstić information content (AvgIpc) is 3.49. The van der Waals surface area contributed by atoms with E-state index in [2.05, 4.69) is 21.0 Å². The van der Waals surface area contributed by atoms with Crippen molar-refractivity contribution in [2.45, 2.75) is 82.1 Å². The lowest BCUT2D eigenvalue weighted by molar-refractivity contribution is -0.919. The van der Waals surface area contributed by atoms with Gasteiger partial charge in [0, 0.05) is 50.6 Å². The summed E-state index contributed by atoms with van der Waals surface area (Å²) in [6, 6.07) is 0.382. The maximum absolute atomic E-state index is 13.0. The molecule has 0 aromatic carbocycles. The molecule has 6 unspecified atom stereocenters. The van der Waals surface area contributed by atoms with Gasteiger partial charge in [-0.25, -0.2) is 4.90 Å². The van der Waals surface area contributed by atoms with Crippen LogP contribution in [0.2, 0.25) is 0 Å². The molecule has 4 heterocycles. The van der Waals surface area contributed by atoms with Gasteiger partial charge in [0.1, 0.15) is 12.2 Å². The number of morpholine rings is 1. The minimum absolute atomic E-state index is 0.00763. The van der Waals surface area contributed by atoms with E-state index in [9.17, 15) is 13.2 Å². The van der Waals surface area contributed by atoms with E-state index in [1.54, 1.807) is 0 Å². The second-order valence-electron chi connectivity index (χ2n) is 10.9. The zero-order chi connectivity index (χ0) is 22.8. The predicted molar refractivity (Wildman–Crippen MR) is 116 cm³/mol. The molecule has 33 heavy (non-hydrogen) atoms. The molecule has 0 aromatic heterocycles. The molecular weight excluding hydrogens is 435 g/mol. The van der Waals surface area contributed by atoms with Gasteiger partial charge in [-0.05, 0) is 25.7 Å². The first kappa shape index (κ1) is 24.2. The number of nitrogens with one attached hydrogen (secondary N) is 3. The molecule has 190 valence electrons. The number of nitrogens with zero attached hydrogens (tertiary/aromatic N) is 1.